The third-order valence-electron chi connectivity index (χ3n) is 2.95. The van der Waals surface area contributed by atoms with E-state index in [1.165, 1.54) is 0 Å². The topological polar surface area (TPSA) is 96.8 Å². The fraction of sp³-hybridized carbons (Fsp3) is 0.267. The van der Waals surface area contributed by atoms with Gasteiger partial charge < -0.3 is 10.2 Å². The van der Waals surface area contributed by atoms with Crippen molar-refractivity contribution in [2.75, 3.05) is 5.43 Å². The highest BCUT2D eigenvalue weighted by Crippen LogP contribution is 2.28. The van der Waals surface area contributed by atoms with Gasteiger partial charge >= 0.3 is 0 Å². The number of rotatable bonds is 4. The van der Waals surface area contributed by atoms with Gasteiger partial charge in [0, 0.05) is 5.92 Å². The summed E-state index contributed by atoms with van der Waals surface area (Å²) in [4.78, 5) is 8.77. The van der Waals surface area contributed by atoms with Crippen molar-refractivity contribution >= 4 is 5.82 Å². The number of hydrogen-bond donors (Lipinski definition) is 2. The van der Waals surface area contributed by atoms with E-state index in [1.54, 1.807) is 24.3 Å². The normalized spacial score (nSPS) is 10.3. The van der Waals surface area contributed by atoms with E-state index in [2.05, 4.69) is 21.5 Å². The highest BCUT2D eigenvalue weighted by atomic mass is 16.5. The minimum Gasteiger partial charge on any atom is -0.439 e. The molecular formula is C15H17N5O. The zero-order valence-corrected chi connectivity index (χ0v) is 12.2. The molecule has 0 atom stereocenters. The van der Waals surface area contributed by atoms with Crippen LogP contribution in [0, 0.1) is 18.3 Å². The van der Waals surface area contributed by atoms with Gasteiger partial charge in [-0.1, -0.05) is 19.9 Å². The summed E-state index contributed by atoms with van der Waals surface area (Å²) in [5, 5.41) is 8.92. The molecule has 6 nitrogen and oxygen atoms in total. The average molecular weight is 283 g/mol. The van der Waals surface area contributed by atoms with Crippen molar-refractivity contribution in [1.82, 2.24) is 9.97 Å². The van der Waals surface area contributed by atoms with Gasteiger partial charge in [-0.15, -0.1) is 0 Å². The maximum Gasteiger partial charge on any atom is 0.227 e. The highest BCUT2D eigenvalue weighted by molar-refractivity contribution is 5.49. The largest absolute Gasteiger partial charge is 0.439 e. The Morgan fingerprint density at radius 2 is 2.10 bits per heavy atom. The first-order valence-electron chi connectivity index (χ1n) is 6.58. The Balaban J connectivity index is 2.43. The van der Waals surface area contributed by atoms with Crippen LogP contribution in [0.4, 0.5) is 5.82 Å². The molecule has 108 valence electrons. The summed E-state index contributed by atoms with van der Waals surface area (Å²) < 4.78 is 5.79. The van der Waals surface area contributed by atoms with Gasteiger partial charge in [-0.3, -0.25) is 0 Å². The SMILES string of the molecule is Cc1c(NN)nc(C(C)C)nc1Oc1cccc(C#N)c1. The summed E-state index contributed by atoms with van der Waals surface area (Å²) in [7, 11) is 0. The second-order valence-electron chi connectivity index (χ2n) is 4.90. The Kier molecular flexibility index (Phi) is 4.36. The zero-order valence-electron chi connectivity index (χ0n) is 12.2. The molecular weight excluding hydrogens is 266 g/mol. The molecule has 0 saturated heterocycles. The number of ether oxygens (including phenoxy) is 1. The van der Waals surface area contributed by atoms with Gasteiger partial charge in [0.25, 0.3) is 0 Å². The van der Waals surface area contributed by atoms with Gasteiger partial charge in [0.2, 0.25) is 5.88 Å². The molecule has 0 unspecified atom stereocenters. The molecule has 1 heterocycles. The molecule has 1 aromatic heterocycles. The van der Waals surface area contributed by atoms with E-state index in [-0.39, 0.29) is 5.92 Å². The maximum atomic E-state index is 8.92. The van der Waals surface area contributed by atoms with E-state index in [0.717, 1.165) is 0 Å². The Bertz CT molecular complexity index is 691. The summed E-state index contributed by atoms with van der Waals surface area (Å²) in [6.07, 6.45) is 0. The molecule has 0 aliphatic carbocycles. The van der Waals surface area contributed by atoms with E-state index >= 15 is 0 Å². The molecule has 1 aromatic carbocycles. The first-order chi connectivity index (χ1) is 10.0. The molecule has 0 saturated carbocycles. The van der Waals surface area contributed by atoms with Gasteiger partial charge in [-0.25, -0.2) is 10.8 Å². The number of hydrogen-bond acceptors (Lipinski definition) is 6. The Morgan fingerprint density at radius 3 is 2.71 bits per heavy atom. The van der Waals surface area contributed by atoms with Crippen LogP contribution in [-0.4, -0.2) is 9.97 Å². The smallest absolute Gasteiger partial charge is 0.227 e. The highest BCUT2D eigenvalue weighted by Gasteiger charge is 2.14. The molecule has 0 fully saturated rings. The number of nitriles is 1. The van der Waals surface area contributed by atoms with E-state index in [4.69, 9.17) is 15.8 Å². The second kappa shape index (κ2) is 6.20. The predicted molar refractivity (Wildman–Crippen MR) is 79.9 cm³/mol. The van der Waals surface area contributed by atoms with Crippen LogP contribution in [-0.2, 0) is 0 Å². The van der Waals surface area contributed by atoms with Crippen molar-refractivity contribution < 1.29 is 4.74 Å². The molecule has 0 spiro atoms. The van der Waals surface area contributed by atoms with Crippen molar-refractivity contribution in [3.05, 3.63) is 41.2 Å². The number of nitrogens with two attached hydrogens (primary N) is 1. The Hall–Kier alpha value is -2.65. The zero-order chi connectivity index (χ0) is 15.4. The van der Waals surface area contributed by atoms with Gasteiger partial charge in [0.05, 0.1) is 17.2 Å². The molecule has 21 heavy (non-hydrogen) atoms. The monoisotopic (exact) mass is 283 g/mol. The van der Waals surface area contributed by atoms with Crippen molar-refractivity contribution in [3.63, 3.8) is 0 Å². The number of aromatic nitrogens is 2. The van der Waals surface area contributed by atoms with Crippen LogP contribution < -0.4 is 16.0 Å². The number of benzene rings is 1. The van der Waals surface area contributed by atoms with Gasteiger partial charge in [-0.05, 0) is 25.1 Å². The van der Waals surface area contributed by atoms with E-state index in [0.29, 0.717) is 34.4 Å². The third-order valence-corrected chi connectivity index (χ3v) is 2.95. The lowest BCUT2D eigenvalue weighted by Gasteiger charge is -2.14. The predicted octanol–water partition coefficient (Wildman–Crippen LogP) is 2.86. The molecule has 0 bridgehead atoms. The molecule has 0 aliphatic rings. The van der Waals surface area contributed by atoms with Crippen molar-refractivity contribution in [3.8, 4) is 17.7 Å². The number of hydrazine groups is 1. The molecule has 0 aliphatic heterocycles. The van der Waals surface area contributed by atoms with Crippen LogP contribution in [0.25, 0.3) is 0 Å². The molecule has 3 N–H and O–H groups in total. The molecule has 0 amide bonds. The molecule has 2 aromatic rings. The third kappa shape index (κ3) is 3.27. The van der Waals surface area contributed by atoms with Gasteiger partial charge in [-0.2, -0.15) is 10.2 Å². The van der Waals surface area contributed by atoms with E-state index < -0.39 is 0 Å². The van der Waals surface area contributed by atoms with Gasteiger partial charge in [0.15, 0.2) is 5.82 Å². The van der Waals surface area contributed by atoms with Crippen LogP contribution >= 0.6 is 0 Å². The summed E-state index contributed by atoms with van der Waals surface area (Å²) in [6, 6.07) is 8.98. The number of anilines is 1. The Labute approximate surface area is 123 Å². The fourth-order valence-corrected chi connectivity index (χ4v) is 1.75. The van der Waals surface area contributed by atoms with Crippen molar-refractivity contribution in [2.45, 2.75) is 26.7 Å². The standard InChI is InChI=1S/C15H17N5O/c1-9(2)13-18-14(20-17)10(3)15(19-13)21-12-6-4-5-11(7-12)8-16/h4-7,9H,17H2,1-3H3,(H,18,19,20). The van der Waals surface area contributed by atoms with Crippen LogP contribution in [0.2, 0.25) is 0 Å². The summed E-state index contributed by atoms with van der Waals surface area (Å²) >= 11 is 0. The lowest BCUT2D eigenvalue weighted by Crippen LogP contribution is -2.13. The number of nitrogens with zero attached hydrogens (tertiary/aromatic N) is 3. The fourth-order valence-electron chi connectivity index (χ4n) is 1.75. The lowest BCUT2D eigenvalue weighted by atomic mass is 10.2. The van der Waals surface area contributed by atoms with Crippen LogP contribution in [0.1, 0.15) is 36.7 Å². The van der Waals surface area contributed by atoms with Crippen LogP contribution in [0.3, 0.4) is 0 Å². The second-order valence-corrected chi connectivity index (χ2v) is 4.90. The van der Waals surface area contributed by atoms with Crippen molar-refractivity contribution in [2.24, 2.45) is 5.84 Å². The summed E-state index contributed by atoms with van der Waals surface area (Å²) in [5.74, 6) is 7.78. The summed E-state index contributed by atoms with van der Waals surface area (Å²) in [5.41, 5.74) is 3.80. The minimum absolute atomic E-state index is 0.144. The maximum absolute atomic E-state index is 8.92. The lowest BCUT2D eigenvalue weighted by molar-refractivity contribution is 0.453. The Morgan fingerprint density at radius 1 is 1.33 bits per heavy atom. The molecule has 0 radical (unpaired) electrons. The quantitative estimate of drug-likeness (QED) is 0.661. The van der Waals surface area contributed by atoms with Gasteiger partial charge in [0.1, 0.15) is 11.6 Å². The molecule has 2 rings (SSSR count). The number of nitrogens with one attached hydrogen (secondary N) is 1. The molecule has 6 heteroatoms. The first kappa shape index (κ1) is 14.8. The van der Waals surface area contributed by atoms with Crippen LogP contribution in [0.5, 0.6) is 11.6 Å². The summed E-state index contributed by atoms with van der Waals surface area (Å²) in [6.45, 7) is 5.80. The number of nitrogen functional groups attached to an aromatic ring is 1. The van der Waals surface area contributed by atoms with E-state index in [9.17, 15) is 0 Å². The minimum atomic E-state index is 0.144. The van der Waals surface area contributed by atoms with E-state index in [1.807, 2.05) is 20.8 Å². The van der Waals surface area contributed by atoms with Crippen LogP contribution in [0.15, 0.2) is 24.3 Å². The average Bonchev–Trinajstić information content (AvgIpc) is 2.49. The van der Waals surface area contributed by atoms with Crippen molar-refractivity contribution in [1.29, 1.82) is 5.26 Å². The first-order valence-corrected chi connectivity index (χ1v) is 6.58.